The van der Waals surface area contributed by atoms with Gasteiger partial charge >= 0.3 is 0 Å². The fourth-order valence-corrected chi connectivity index (χ4v) is 3.68. The Morgan fingerprint density at radius 2 is 2.00 bits per heavy atom. The number of fused-ring (bicyclic) bond motifs is 1. The lowest BCUT2D eigenvalue weighted by Crippen LogP contribution is -2.43. The number of anilines is 1. The Bertz CT molecular complexity index is 795. The lowest BCUT2D eigenvalue weighted by Gasteiger charge is -2.34. The highest BCUT2D eigenvalue weighted by atomic mass is 16.6. The lowest BCUT2D eigenvalue weighted by molar-refractivity contribution is -0.384. The van der Waals surface area contributed by atoms with Gasteiger partial charge in [-0.05, 0) is 57.2 Å². The smallest absolute Gasteiger partial charge is 0.270 e. The van der Waals surface area contributed by atoms with Gasteiger partial charge in [0.05, 0.1) is 10.4 Å². The van der Waals surface area contributed by atoms with Crippen LogP contribution in [0.3, 0.4) is 0 Å². The first-order valence-electron chi connectivity index (χ1n) is 9.14. The van der Waals surface area contributed by atoms with Gasteiger partial charge in [-0.2, -0.15) is 0 Å². The van der Waals surface area contributed by atoms with Gasteiger partial charge in [-0.3, -0.25) is 15.1 Å². The van der Waals surface area contributed by atoms with Crippen LogP contribution in [0.1, 0.15) is 31.4 Å². The molecule has 132 valence electrons. The Balaban J connectivity index is 1.55. The molecule has 0 unspecified atom stereocenters. The van der Waals surface area contributed by atoms with Crippen LogP contribution in [-0.2, 0) is 0 Å². The van der Waals surface area contributed by atoms with E-state index in [1.54, 1.807) is 12.1 Å². The molecule has 1 aliphatic heterocycles. The fraction of sp³-hybridized carbons (Fsp3) is 0.526. The molecule has 0 amide bonds. The molecule has 0 bridgehead atoms. The van der Waals surface area contributed by atoms with E-state index in [9.17, 15) is 10.1 Å². The molecular weight excluding hydrogens is 316 g/mol. The predicted octanol–water partition coefficient (Wildman–Crippen LogP) is 3.42. The van der Waals surface area contributed by atoms with E-state index in [-0.39, 0.29) is 10.6 Å². The second kappa shape index (κ2) is 6.59. The zero-order chi connectivity index (χ0) is 17.4. The molecule has 6 heteroatoms. The van der Waals surface area contributed by atoms with E-state index in [0.29, 0.717) is 6.04 Å². The van der Waals surface area contributed by atoms with Gasteiger partial charge in [0.2, 0.25) is 0 Å². The molecule has 2 fully saturated rings. The number of nitrogens with one attached hydrogen (secondary N) is 1. The maximum absolute atomic E-state index is 11.1. The highest BCUT2D eigenvalue weighted by Gasteiger charge is 2.25. The summed E-state index contributed by atoms with van der Waals surface area (Å²) in [5, 5.41) is 15.7. The average molecular weight is 340 g/mol. The number of piperidine rings is 1. The first kappa shape index (κ1) is 16.3. The van der Waals surface area contributed by atoms with Crippen molar-refractivity contribution in [3.63, 3.8) is 0 Å². The minimum Gasteiger partial charge on any atom is -0.371 e. The quantitative estimate of drug-likeness (QED) is 0.667. The van der Waals surface area contributed by atoms with Gasteiger partial charge in [-0.1, -0.05) is 0 Å². The third-order valence-corrected chi connectivity index (χ3v) is 5.34. The summed E-state index contributed by atoms with van der Waals surface area (Å²) in [7, 11) is 0. The summed E-state index contributed by atoms with van der Waals surface area (Å²) in [6, 6.07) is 7.61. The van der Waals surface area contributed by atoms with E-state index in [1.165, 1.54) is 18.9 Å². The molecule has 1 saturated carbocycles. The first-order chi connectivity index (χ1) is 12.1. The van der Waals surface area contributed by atoms with Gasteiger partial charge in [0.25, 0.3) is 5.69 Å². The molecular formula is C19H24N4O2. The van der Waals surface area contributed by atoms with Gasteiger partial charge in [0, 0.05) is 48.0 Å². The van der Waals surface area contributed by atoms with Gasteiger partial charge in [0.1, 0.15) is 0 Å². The molecule has 25 heavy (non-hydrogen) atoms. The topological polar surface area (TPSA) is 71.3 Å². The molecule has 0 spiro atoms. The maximum Gasteiger partial charge on any atom is 0.270 e. The second-order valence-corrected chi connectivity index (χ2v) is 7.35. The van der Waals surface area contributed by atoms with Crippen LogP contribution in [0.15, 0.2) is 24.3 Å². The van der Waals surface area contributed by atoms with E-state index in [0.717, 1.165) is 60.7 Å². The van der Waals surface area contributed by atoms with Crippen molar-refractivity contribution in [1.82, 2.24) is 10.3 Å². The normalized spacial score (nSPS) is 18.7. The van der Waals surface area contributed by atoms with Crippen LogP contribution >= 0.6 is 0 Å². The summed E-state index contributed by atoms with van der Waals surface area (Å²) in [6.07, 6.45) is 4.99. The Morgan fingerprint density at radius 3 is 2.68 bits per heavy atom. The number of aromatic nitrogens is 1. The summed E-state index contributed by atoms with van der Waals surface area (Å²) in [5.74, 6) is 0.908. The number of benzene rings is 1. The maximum atomic E-state index is 11.1. The fourth-order valence-electron chi connectivity index (χ4n) is 3.68. The van der Waals surface area contributed by atoms with Crippen molar-refractivity contribution in [3.05, 3.63) is 40.1 Å². The lowest BCUT2D eigenvalue weighted by atomic mass is 10.0. The van der Waals surface area contributed by atoms with Crippen molar-refractivity contribution in [2.45, 2.75) is 38.6 Å². The molecule has 1 aliphatic carbocycles. The van der Waals surface area contributed by atoms with Crippen molar-refractivity contribution in [1.29, 1.82) is 0 Å². The molecule has 1 aromatic heterocycles. The van der Waals surface area contributed by atoms with E-state index >= 15 is 0 Å². The SMILES string of the molecule is Cc1cc(N2CCC(NCC3CC3)CC2)c2cc([N+](=O)[O-])ccc2n1. The third kappa shape index (κ3) is 3.58. The number of aryl methyl sites for hydroxylation is 1. The molecule has 2 heterocycles. The first-order valence-corrected chi connectivity index (χ1v) is 9.14. The summed E-state index contributed by atoms with van der Waals surface area (Å²) >= 11 is 0. The van der Waals surface area contributed by atoms with Crippen LogP contribution in [0.5, 0.6) is 0 Å². The van der Waals surface area contributed by atoms with E-state index in [1.807, 2.05) is 6.92 Å². The molecule has 0 atom stereocenters. The van der Waals surface area contributed by atoms with Crippen LogP contribution < -0.4 is 10.2 Å². The number of nitro groups is 1. The highest BCUT2D eigenvalue weighted by Crippen LogP contribution is 2.32. The van der Waals surface area contributed by atoms with E-state index < -0.39 is 0 Å². The zero-order valence-electron chi connectivity index (χ0n) is 14.6. The van der Waals surface area contributed by atoms with Crippen LogP contribution in [0.25, 0.3) is 10.9 Å². The van der Waals surface area contributed by atoms with Gasteiger partial charge in [-0.15, -0.1) is 0 Å². The summed E-state index contributed by atoms with van der Waals surface area (Å²) in [6.45, 7) is 5.09. The minimum absolute atomic E-state index is 0.125. The van der Waals surface area contributed by atoms with Crippen LogP contribution in [0.4, 0.5) is 11.4 Å². The summed E-state index contributed by atoms with van der Waals surface area (Å²) in [5.41, 5.74) is 2.98. The Kier molecular flexibility index (Phi) is 4.29. The van der Waals surface area contributed by atoms with Crippen molar-refractivity contribution in [3.8, 4) is 0 Å². The largest absolute Gasteiger partial charge is 0.371 e. The third-order valence-electron chi connectivity index (χ3n) is 5.34. The van der Waals surface area contributed by atoms with Crippen molar-refractivity contribution >= 4 is 22.3 Å². The number of hydrogen-bond acceptors (Lipinski definition) is 5. The minimum atomic E-state index is -0.336. The Morgan fingerprint density at radius 1 is 1.24 bits per heavy atom. The van der Waals surface area contributed by atoms with Crippen LogP contribution in [0, 0.1) is 23.0 Å². The molecule has 0 radical (unpaired) electrons. The number of non-ortho nitro benzene ring substituents is 1. The molecule has 1 saturated heterocycles. The van der Waals surface area contributed by atoms with E-state index in [2.05, 4.69) is 21.3 Å². The van der Waals surface area contributed by atoms with Gasteiger partial charge in [0.15, 0.2) is 0 Å². The number of pyridine rings is 1. The molecule has 1 N–H and O–H groups in total. The molecule has 1 aromatic carbocycles. The zero-order valence-corrected chi connectivity index (χ0v) is 14.6. The Hall–Kier alpha value is -2.21. The van der Waals surface area contributed by atoms with Crippen molar-refractivity contribution < 1.29 is 4.92 Å². The predicted molar refractivity (Wildman–Crippen MR) is 99.1 cm³/mol. The standard InChI is InChI=1S/C19H24N4O2/c1-13-10-19(17-11-16(23(24)25)4-5-18(17)21-13)22-8-6-15(7-9-22)20-12-14-2-3-14/h4-5,10-11,14-15,20H,2-3,6-9,12H2,1H3. The van der Waals surface area contributed by atoms with Crippen molar-refractivity contribution in [2.75, 3.05) is 24.5 Å². The van der Waals surface area contributed by atoms with Gasteiger partial charge < -0.3 is 10.2 Å². The molecule has 4 rings (SSSR count). The van der Waals surface area contributed by atoms with E-state index in [4.69, 9.17) is 0 Å². The summed E-state index contributed by atoms with van der Waals surface area (Å²) in [4.78, 5) is 17.7. The average Bonchev–Trinajstić information content (AvgIpc) is 3.43. The number of nitro benzene ring substituents is 1. The monoisotopic (exact) mass is 340 g/mol. The van der Waals surface area contributed by atoms with Gasteiger partial charge in [-0.25, -0.2) is 0 Å². The van der Waals surface area contributed by atoms with Crippen molar-refractivity contribution in [2.24, 2.45) is 5.92 Å². The molecule has 2 aromatic rings. The number of hydrogen-bond donors (Lipinski definition) is 1. The second-order valence-electron chi connectivity index (χ2n) is 7.35. The molecule has 2 aliphatic rings. The van der Waals surface area contributed by atoms with Crippen LogP contribution in [0.2, 0.25) is 0 Å². The molecule has 6 nitrogen and oxygen atoms in total. The number of rotatable bonds is 5. The number of nitrogens with zero attached hydrogens (tertiary/aromatic N) is 3. The van der Waals surface area contributed by atoms with Crippen LogP contribution in [-0.4, -0.2) is 35.6 Å². The summed E-state index contributed by atoms with van der Waals surface area (Å²) < 4.78 is 0. The highest BCUT2D eigenvalue weighted by molar-refractivity contribution is 5.93. The Labute approximate surface area is 147 Å².